The molecule has 0 spiro atoms. The molecule has 0 bridgehead atoms. The normalized spacial score (nSPS) is 11.1. The number of benzene rings is 3. The number of sulfonamides is 1. The SMILES string of the molecule is COc1ccc(CN(C)C(=O)CN(c2ccc(C)cc2)S(=O)(=O)c2ccc(Cl)cc2)cc1. The van der Waals surface area contributed by atoms with Crippen molar-refractivity contribution >= 4 is 33.2 Å². The number of likely N-dealkylation sites (N-methyl/N-ethyl adjacent to an activating group) is 1. The molecule has 0 N–H and O–H groups in total. The smallest absolute Gasteiger partial charge is 0.264 e. The minimum absolute atomic E-state index is 0.0630. The molecule has 0 aliphatic rings. The second kappa shape index (κ2) is 10.1. The molecule has 0 atom stereocenters. The number of carbonyl (C=O) groups excluding carboxylic acids is 1. The standard InChI is InChI=1S/C24H25ClN2O4S/c1-18-4-10-21(11-5-18)27(32(29,30)23-14-8-20(25)9-15-23)17-24(28)26(2)16-19-6-12-22(31-3)13-7-19/h4-15H,16-17H2,1-3H3. The van der Waals surface area contributed by atoms with Crippen LogP contribution in [0.2, 0.25) is 5.02 Å². The van der Waals surface area contributed by atoms with E-state index in [1.165, 1.54) is 29.2 Å². The highest BCUT2D eigenvalue weighted by atomic mass is 35.5. The summed E-state index contributed by atoms with van der Waals surface area (Å²) >= 11 is 5.92. The van der Waals surface area contributed by atoms with E-state index in [0.717, 1.165) is 21.2 Å². The molecule has 3 aromatic rings. The van der Waals surface area contributed by atoms with Crippen LogP contribution in [0, 0.1) is 6.92 Å². The number of halogens is 1. The first-order valence-electron chi connectivity index (χ1n) is 9.92. The average molecular weight is 473 g/mol. The summed E-state index contributed by atoms with van der Waals surface area (Å²) in [5.74, 6) is 0.390. The summed E-state index contributed by atoms with van der Waals surface area (Å²) in [6.45, 7) is 1.92. The summed E-state index contributed by atoms with van der Waals surface area (Å²) in [4.78, 5) is 14.6. The van der Waals surface area contributed by atoms with E-state index in [9.17, 15) is 13.2 Å². The Morgan fingerprint density at radius 3 is 2.09 bits per heavy atom. The van der Waals surface area contributed by atoms with Crippen LogP contribution in [-0.4, -0.2) is 39.9 Å². The van der Waals surface area contributed by atoms with Crippen LogP contribution in [0.3, 0.4) is 0 Å². The van der Waals surface area contributed by atoms with Crippen LogP contribution in [0.1, 0.15) is 11.1 Å². The molecule has 0 saturated carbocycles. The van der Waals surface area contributed by atoms with E-state index in [2.05, 4.69) is 0 Å². The second-order valence-corrected chi connectivity index (χ2v) is 9.70. The molecule has 0 heterocycles. The molecule has 0 aromatic heterocycles. The van der Waals surface area contributed by atoms with Gasteiger partial charge in [0.05, 0.1) is 17.7 Å². The maximum absolute atomic E-state index is 13.4. The fourth-order valence-corrected chi connectivity index (χ4v) is 4.64. The van der Waals surface area contributed by atoms with E-state index >= 15 is 0 Å². The van der Waals surface area contributed by atoms with Gasteiger partial charge in [-0.3, -0.25) is 9.10 Å². The third-order valence-electron chi connectivity index (χ3n) is 5.01. The van der Waals surface area contributed by atoms with Gasteiger partial charge in [-0.25, -0.2) is 8.42 Å². The Kier molecular flexibility index (Phi) is 7.43. The van der Waals surface area contributed by atoms with Crippen molar-refractivity contribution in [1.82, 2.24) is 4.90 Å². The Balaban J connectivity index is 1.86. The lowest BCUT2D eigenvalue weighted by Gasteiger charge is -2.27. The maximum Gasteiger partial charge on any atom is 0.264 e. The Bertz CT molecular complexity index is 1160. The zero-order valence-electron chi connectivity index (χ0n) is 18.2. The lowest BCUT2D eigenvalue weighted by molar-refractivity contribution is -0.128. The van der Waals surface area contributed by atoms with Crippen LogP contribution in [0.25, 0.3) is 0 Å². The summed E-state index contributed by atoms with van der Waals surface area (Å²) < 4.78 is 33.1. The first-order valence-corrected chi connectivity index (χ1v) is 11.7. The van der Waals surface area contributed by atoms with Crippen molar-refractivity contribution < 1.29 is 17.9 Å². The van der Waals surface area contributed by atoms with E-state index < -0.39 is 10.0 Å². The van der Waals surface area contributed by atoms with E-state index in [0.29, 0.717) is 17.3 Å². The molecular weight excluding hydrogens is 448 g/mol. The molecule has 32 heavy (non-hydrogen) atoms. The van der Waals surface area contributed by atoms with Gasteiger partial charge in [0.2, 0.25) is 5.91 Å². The number of amides is 1. The van der Waals surface area contributed by atoms with E-state index in [1.54, 1.807) is 26.3 Å². The van der Waals surface area contributed by atoms with Crippen LogP contribution < -0.4 is 9.04 Å². The molecule has 168 valence electrons. The van der Waals surface area contributed by atoms with Gasteiger partial charge in [-0.05, 0) is 61.0 Å². The van der Waals surface area contributed by atoms with Crippen molar-refractivity contribution in [1.29, 1.82) is 0 Å². The van der Waals surface area contributed by atoms with E-state index in [4.69, 9.17) is 16.3 Å². The summed E-state index contributed by atoms with van der Waals surface area (Å²) in [7, 11) is -0.747. The number of nitrogens with zero attached hydrogens (tertiary/aromatic N) is 2. The van der Waals surface area contributed by atoms with Crippen molar-refractivity contribution in [2.45, 2.75) is 18.4 Å². The van der Waals surface area contributed by atoms with Crippen molar-refractivity contribution in [2.75, 3.05) is 25.0 Å². The molecule has 0 fully saturated rings. The lowest BCUT2D eigenvalue weighted by Crippen LogP contribution is -2.41. The van der Waals surface area contributed by atoms with E-state index in [-0.39, 0.29) is 17.3 Å². The zero-order chi connectivity index (χ0) is 23.3. The number of ether oxygens (including phenoxy) is 1. The molecular formula is C24H25ClN2O4S. The lowest BCUT2D eigenvalue weighted by atomic mass is 10.2. The van der Waals surface area contributed by atoms with E-state index in [1.807, 2.05) is 43.3 Å². The Labute approximate surface area is 194 Å². The molecule has 0 saturated heterocycles. The van der Waals surface area contributed by atoms with Crippen LogP contribution in [-0.2, 0) is 21.4 Å². The van der Waals surface area contributed by atoms with Crippen molar-refractivity contribution in [2.24, 2.45) is 0 Å². The van der Waals surface area contributed by atoms with Gasteiger partial charge < -0.3 is 9.64 Å². The minimum atomic E-state index is -3.98. The number of methoxy groups -OCH3 is 1. The number of hydrogen-bond donors (Lipinski definition) is 0. The fraction of sp³-hybridized carbons (Fsp3) is 0.208. The van der Waals surface area contributed by atoms with Crippen LogP contribution >= 0.6 is 11.6 Å². The third kappa shape index (κ3) is 5.60. The summed E-state index contributed by atoms with van der Waals surface area (Å²) in [6, 6.07) is 20.3. The predicted molar refractivity (Wildman–Crippen MR) is 127 cm³/mol. The van der Waals surface area contributed by atoms with Crippen LogP contribution in [0.4, 0.5) is 5.69 Å². The minimum Gasteiger partial charge on any atom is -0.497 e. The molecule has 3 aromatic carbocycles. The second-order valence-electron chi connectivity index (χ2n) is 7.40. The van der Waals surface area contributed by atoms with Gasteiger partial charge in [0.15, 0.2) is 0 Å². The van der Waals surface area contributed by atoms with Gasteiger partial charge in [0.25, 0.3) is 10.0 Å². The zero-order valence-corrected chi connectivity index (χ0v) is 19.7. The van der Waals surface area contributed by atoms with Gasteiger partial charge in [0, 0.05) is 18.6 Å². The average Bonchev–Trinajstić information content (AvgIpc) is 2.78. The summed E-state index contributed by atoms with van der Waals surface area (Å²) in [6.07, 6.45) is 0. The largest absolute Gasteiger partial charge is 0.497 e. The van der Waals surface area contributed by atoms with Gasteiger partial charge in [-0.15, -0.1) is 0 Å². The van der Waals surface area contributed by atoms with Gasteiger partial charge in [0.1, 0.15) is 12.3 Å². The van der Waals surface area contributed by atoms with Crippen molar-refractivity contribution in [3.05, 3.63) is 88.9 Å². The molecule has 0 aliphatic heterocycles. The molecule has 6 nitrogen and oxygen atoms in total. The molecule has 3 rings (SSSR count). The van der Waals surface area contributed by atoms with Crippen molar-refractivity contribution in [3.8, 4) is 5.75 Å². The number of carbonyl (C=O) groups is 1. The van der Waals surface area contributed by atoms with Crippen LogP contribution in [0.15, 0.2) is 77.7 Å². The first kappa shape index (κ1) is 23.6. The summed E-state index contributed by atoms with van der Waals surface area (Å²) in [5, 5.41) is 0.432. The molecule has 0 unspecified atom stereocenters. The van der Waals surface area contributed by atoms with Gasteiger partial charge >= 0.3 is 0 Å². The molecule has 8 heteroatoms. The fourth-order valence-electron chi connectivity index (χ4n) is 3.10. The number of hydrogen-bond acceptors (Lipinski definition) is 4. The Morgan fingerprint density at radius 1 is 0.938 bits per heavy atom. The number of rotatable bonds is 8. The quantitative estimate of drug-likeness (QED) is 0.483. The number of anilines is 1. The highest BCUT2D eigenvalue weighted by molar-refractivity contribution is 7.92. The Morgan fingerprint density at radius 2 is 1.53 bits per heavy atom. The monoisotopic (exact) mass is 472 g/mol. The van der Waals surface area contributed by atoms with Crippen molar-refractivity contribution in [3.63, 3.8) is 0 Å². The highest BCUT2D eigenvalue weighted by Crippen LogP contribution is 2.25. The van der Waals surface area contributed by atoms with Crippen LogP contribution in [0.5, 0.6) is 5.75 Å². The first-order chi connectivity index (χ1) is 15.2. The summed E-state index contributed by atoms with van der Waals surface area (Å²) in [5.41, 5.74) is 2.31. The topological polar surface area (TPSA) is 66.9 Å². The Hall–Kier alpha value is -3.03. The number of aryl methyl sites for hydroxylation is 1. The van der Waals surface area contributed by atoms with Gasteiger partial charge in [-0.2, -0.15) is 0 Å². The molecule has 0 radical (unpaired) electrons. The molecule has 1 amide bonds. The predicted octanol–water partition coefficient (Wildman–Crippen LogP) is 4.51. The highest BCUT2D eigenvalue weighted by Gasteiger charge is 2.28. The maximum atomic E-state index is 13.4. The third-order valence-corrected chi connectivity index (χ3v) is 7.05. The molecule has 0 aliphatic carbocycles. The van der Waals surface area contributed by atoms with Gasteiger partial charge in [-0.1, -0.05) is 41.4 Å².